The molecule has 0 aliphatic carbocycles. The van der Waals surface area contributed by atoms with Crippen LogP contribution in [0.5, 0.6) is 0 Å². The fraction of sp³-hybridized carbons (Fsp3) is 0.333. The smallest absolute Gasteiger partial charge is 0.0955 e. The summed E-state index contributed by atoms with van der Waals surface area (Å²) < 4.78 is 5.11. The van der Waals surface area contributed by atoms with Gasteiger partial charge in [0, 0.05) is 11.3 Å². The first-order valence-electron chi connectivity index (χ1n) is 5.94. The van der Waals surface area contributed by atoms with Gasteiger partial charge in [-0.25, -0.2) is 0 Å². The van der Waals surface area contributed by atoms with Crippen LogP contribution in [0.25, 0.3) is 0 Å². The van der Waals surface area contributed by atoms with Gasteiger partial charge in [-0.3, -0.25) is 0 Å². The molecule has 1 heterocycles. The standard InChI is InChI=1S/C15H19NO/c1-10-7-11(2)15(12(3)8-10)16-13(4)14-5-6-17-9-14/h5-9,13,16H,1-4H3. The van der Waals surface area contributed by atoms with Gasteiger partial charge in [0.05, 0.1) is 18.6 Å². The van der Waals surface area contributed by atoms with Crippen molar-refractivity contribution in [3.8, 4) is 0 Å². The molecule has 0 amide bonds. The summed E-state index contributed by atoms with van der Waals surface area (Å²) in [6, 6.07) is 6.67. The predicted octanol–water partition coefficient (Wildman–Crippen LogP) is 4.38. The molecule has 0 aliphatic heterocycles. The SMILES string of the molecule is Cc1cc(C)c(NC(C)c2ccoc2)c(C)c1. The molecule has 0 fully saturated rings. The number of hydrogen-bond donors (Lipinski definition) is 1. The summed E-state index contributed by atoms with van der Waals surface area (Å²) in [5, 5.41) is 3.55. The van der Waals surface area contributed by atoms with E-state index in [9.17, 15) is 0 Å². The van der Waals surface area contributed by atoms with E-state index in [4.69, 9.17) is 4.42 Å². The Balaban J connectivity index is 2.25. The second-order valence-electron chi connectivity index (χ2n) is 4.70. The molecule has 0 radical (unpaired) electrons. The van der Waals surface area contributed by atoms with Crippen molar-refractivity contribution in [1.82, 2.24) is 0 Å². The molecule has 1 aromatic heterocycles. The lowest BCUT2D eigenvalue weighted by Gasteiger charge is -2.18. The molecule has 0 saturated carbocycles. The van der Waals surface area contributed by atoms with Gasteiger partial charge in [-0.1, -0.05) is 17.7 Å². The van der Waals surface area contributed by atoms with Crippen molar-refractivity contribution in [3.05, 3.63) is 53.0 Å². The Morgan fingerprint density at radius 1 is 1.12 bits per heavy atom. The molecule has 0 saturated heterocycles. The highest BCUT2D eigenvalue weighted by Gasteiger charge is 2.10. The zero-order valence-corrected chi connectivity index (χ0v) is 10.9. The molecular weight excluding hydrogens is 210 g/mol. The first kappa shape index (κ1) is 11.8. The maximum absolute atomic E-state index is 5.11. The molecular formula is C15H19NO. The van der Waals surface area contributed by atoms with E-state index in [0.717, 1.165) is 0 Å². The van der Waals surface area contributed by atoms with Gasteiger partial charge in [-0.15, -0.1) is 0 Å². The zero-order valence-electron chi connectivity index (χ0n) is 10.9. The van der Waals surface area contributed by atoms with Crippen LogP contribution < -0.4 is 5.32 Å². The molecule has 0 spiro atoms. The molecule has 0 aliphatic rings. The third-order valence-corrected chi connectivity index (χ3v) is 3.08. The number of furan rings is 1. The van der Waals surface area contributed by atoms with Crippen LogP contribution in [0, 0.1) is 20.8 Å². The minimum atomic E-state index is 0.258. The van der Waals surface area contributed by atoms with E-state index in [0.29, 0.717) is 0 Å². The van der Waals surface area contributed by atoms with E-state index >= 15 is 0 Å². The van der Waals surface area contributed by atoms with E-state index in [1.807, 2.05) is 6.07 Å². The normalized spacial score (nSPS) is 12.5. The van der Waals surface area contributed by atoms with E-state index in [-0.39, 0.29) is 6.04 Å². The minimum absolute atomic E-state index is 0.258. The Labute approximate surface area is 103 Å². The van der Waals surface area contributed by atoms with Crippen molar-refractivity contribution in [2.45, 2.75) is 33.7 Å². The van der Waals surface area contributed by atoms with Crippen LogP contribution in [0.4, 0.5) is 5.69 Å². The van der Waals surface area contributed by atoms with Gasteiger partial charge >= 0.3 is 0 Å². The highest BCUT2D eigenvalue weighted by Crippen LogP contribution is 2.26. The summed E-state index contributed by atoms with van der Waals surface area (Å²) in [4.78, 5) is 0. The molecule has 1 unspecified atom stereocenters. The van der Waals surface area contributed by atoms with E-state index in [1.54, 1.807) is 12.5 Å². The Morgan fingerprint density at radius 3 is 2.29 bits per heavy atom. The lowest BCUT2D eigenvalue weighted by molar-refractivity contribution is 0.562. The molecule has 1 aromatic carbocycles. The minimum Gasteiger partial charge on any atom is -0.472 e. The number of rotatable bonds is 3. The predicted molar refractivity (Wildman–Crippen MR) is 71.4 cm³/mol. The quantitative estimate of drug-likeness (QED) is 0.845. The molecule has 1 atom stereocenters. The van der Waals surface area contributed by atoms with Gasteiger partial charge in [-0.05, 0) is 44.9 Å². The molecule has 2 nitrogen and oxygen atoms in total. The zero-order chi connectivity index (χ0) is 12.4. The van der Waals surface area contributed by atoms with Crippen LogP contribution in [0.2, 0.25) is 0 Å². The van der Waals surface area contributed by atoms with Crippen LogP contribution in [0.1, 0.15) is 35.2 Å². The van der Waals surface area contributed by atoms with Crippen molar-refractivity contribution in [3.63, 3.8) is 0 Å². The van der Waals surface area contributed by atoms with Gasteiger partial charge in [0.25, 0.3) is 0 Å². The van der Waals surface area contributed by atoms with Crippen molar-refractivity contribution >= 4 is 5.69 Å². The maximum atomic E-state index is 5.11. The van der Waals surface area contributed by atoms with Gasteiger partial charge in [0.15, 0.2) is 0 Å². The fourth-order valence-electron chi connectivity index (χ4n) is 2.23. The summed E-state index contributed by atoms with van der Waals surface area (Å²) in [5.41, 5.74) is 6.28. The topological polar surface area (TPSA) is 25.2 Å². The number of benzene rings is 1. The van der Waals surface area contributed by atoms with Crippen molar-refractivity contribution in [2.75, 3.05) is 5.32 Å². The van der Waals surface area contributed by atoms with Crippen molar-refractivity contribution in [2.24, 2.45) is 0 Å². The summed E-state index contributed by atoms with van der Waals surface area (Å²) in [6.07, 6.45) is 3.50. The molecule has 2 aromatic rings. The van der Waals surface area contributed by atoms with E-state index in [1.165, 1.54) is 27.9 Å². The summed E-state index contributed by atoms with van der Waals surface area (Å²) in [5.74, 6) is 0. The number of aryl methyl sites for hydroxylation is 3. The van der Waals surface area contributed by atoms with Crippen molar-refractivity contribution in [1.29, 1.82) is 0 Å². The van der Waals surface area contributed by atoms with Crippen LogP contribution in [0.3, 0.4) is 0 Å². The second kappa shape index (κ2) is 4.66. The fourth-order valence-corrected chi connectivity index (χ4v) is 2.23. The third-order valence-electron chi connectivity index (χ3n) is 3.08. The first-order valence-corrected chi connectivity index (χ1v) is 5.94. The lowest BCUT2D eigenvalue weighted by atomic mass is 10.0. The third kappa shape index (κ3) is 2.52. The second-order valence-corrected chi connectivity index (χ2v) is 4.70. The Bertz CT molecular complexity index is 477. The molecule has 17 heavy (non-hydrogen) atoms. The van der Waals surface area contributed by atoms with Crippen LogP contribution in [0.15, 0.2) is 35.1 Å². The average Bonchev–Trinajstić information content (AvgIpc) is 2.76. The number of nitrogens with one attached hydrogen (secondary N) is 1. The summed E-state index contributed by atoms with van der Waals surface area (Å²) >= 11 is 0. The number of hydrogen-bond acceptors (Lipinski definition) is 2. The molecule has 0 bridgehead atoms. The molecule has 2 heteroatoms. The molecule has 1 N–H and O–H groups in total. The summed E-state index contributed by atoms with van der Waals surface area (Å²) in [6.45, 7) is 8.56. The van der Waals surface area contributed by atoms with Crippen LogP contribution in [-0.4, -0.2) is 0 Å². The van der Waals surface area contributed by atoms with Gasteiger partial charge in [0.2, 0.25) is 0 Å². The molecule has 90 valence electrons. The Kier molecular flexibility index (Phi) is 3.23. The van der Waals surface area contributed by atoms with Gasteiger partial charge in [-0.2, -0.15) is 0 Å². The monoisotopic (exact) mass is 229 g/mol. The average molecular weight is 229 g/mol. The molecule has 2 rings (SSSR count). The largest absolute Gasteiger partial charge is 0.472 e. The van der Waals surface area contributed by atoms with Crippen LogP contribution >= 0.6 is 0 Å². The summed E-state index contributed by atoms with van der Waals surface area (Å²) in [7, 11) is 0. The highest BCUT2D eigenvalue weighted by atomic mass is 16.3. The lowest BCUT2D eigenvalue weighted by Crippen LogP contribution is -2.08. The van der Waals surface area contributed by atoms with Gasteiger partial charge in [0.1, 0.15) is 0 Å². The van der Waals surface area contributed by atoms with Gasteiger partial charge < -0.3 is 9.73 Å². The number of anilines is 1. The van der Waals surface area contributed by atoms with E-state index < -0.39 is 0 Å². The Morgan fingerprint density at radius 2 is 1.76 bits per heavy atom. The maximum Gasteiger partial charge on any atom is 0.0955 e. The van der Waals surface area contributed by atoms with E-state index in [2.05, 4.69) is 45.1 Å². The van der Waals surface area contributed by atoms with Crippen molar-refractivity contribution < 1.29 is 4.42 Å². The Hall–Kier alpha value is -1.70. The first-order chi connectivity index (χ1) is 8.08. The highest BCUT2D eigenvalue weighted by molar-refractivity contribution is 5.59. The van der Waals surface area contributed by atoms with Crippen LogP contribution in [-0.2, 0) is 0 Å².